The lowest BCUT2D eigenvalue weighted by Gasteiger charge is -2.22. The summed E-state index contributed by atoms with van der Waals surface area (Å²) in [5.41, 5.74) is 5.74. The van der Waals surface area contributed by atoms with Crippen LogP contribution >= 0.6 is 11.6 Å². The van der Waals surface area contributed by atoms with Crippen LogP contribution in [0.25, 0.3) is 5.57 Å². The zero-order valence-electron chi connectivity index (χ0n) is 17.6. The third kappa shape index (κ3) is 1.67. The number of carbonyl (C=O) groups excluding carboxylic acids is 1. The van der Waals surface area contributed by atoms with Gasteiger partial charge in [-0.05, 0) is 72.4 Å². The van der Waals surface area contributed by atoms with E-state index >= 15 is 0 Å². The van der Waals surface area contributed by atoms with Gasteiger partial charge in [0.25, 0.3) is 0 Å². The van der Waals surface area contributed by atoms with Gasteiger partial charge >= 0.3 is 0 Å². The average Bonchev–Trinajstić information content (AvgIpc) is 2.92. The molecular formula is C15H16ClNO. The monoisotopic (exact) mass is 269 g/mol. The Morgan fingerprint density at radius 1 is 1.72 bits per heavy atom. The molecule has 94 valence electrons. The molecule has 0 heterocycles. The van der Waals surface area contributed by atoms with Crippen molar-refractivity contribution in [2.75, 3.05) is 0 Å². The molecule has 0 aromatic heterocycles. The summed E-state index contributed by atoms with van der Waals surface area (Å²) in [6.45, 7) is 1.66. The van der Waals surface area contributed by atoms with Gasteiger partial charge in [0.2, 0.25) is 5.91 Å². The molecule has 0 aliphatic heterocycles. The third-order valence-corrected chi connectivity index (χ3v) is 3.40. The predicted octanol–water partition coefficient (Wildman–Crippen LogP) is 3.24. The van der Waals surface area contributed by atoms with Gasteiger partial charge in [0.15, 0.2) is 0 Å². The summed E-state index contributed by atoms with van der Waals surface area (Å²) in [6.07, 6.45) is -9.54. The Balaban J connectivity index is 2.51. The summed E-state index contributed by atoms with van der Waals surface area (Å²) in [4.78, 5) is 12.1. The van der Waals surface area contributed by atoms with Gasteiger partial charge < -0.3 is 5.73 Å². The van der Waals surface area contributed by atoms with E-state index in [1.165, 1.54) is 6.07 Å². The normalized spacial score (nSPS) is 40.8. The Morgan fingerprint density at radius 2 is 2.50 bits per heavy atom. The number of amides is 1. The van der Waals surface area contributed by atoms with E-state index in [2.05, 4.69) is 0 Å². The lowest BCUT2D eigenvalue weighted by Crippen LogP contribution is -2.27. The Kier molecular flexibility index (Phi) is 1.33. The summed E-state index contributed by atoms with van der Waals surface area (Å²) < 4.78 is 65.9. The van der Waals surface area contributed by atoms with E-state index in [1.54, 1.807) is 6.92 Å². The molecule has 2 aliphatic carbocycles. The van der Waals surface area contributed by atoms with Gasteiger partial charge in [0.1, 0.15) is 0 Å². The number of hydrogen-bond donors (Lipinski definition) is 1. The predicted molar refractivity (Wildman–Crippen MR) is 73.3 cm³/mol. The fourth-order valence-electron chi connectivity index (χ4n) is 2.36. The maximum Gasteiger partial charge on any atom is 0.224 e. The van der Waals surface area contributed by atoms with Gasteiger partial charge in [-0.15, -0.1) is 0 Å². The summed E-state index contributed by atoms with van der Waals surface area (Å²) in [5, 5.41) is 0.0228. The third-order valence-electron chi connectivity index (χ3n) is 3.19. The van der Waals surface area contributed by atoms with Crippen molar-refractivity contribution in [3.05, 3.63) is 39.4 Å². The summed E-state index contributed by atoms with van der Waals surface area (Å²) in [5.74, 6) is -4.22. The molecule has 0 spiro atoms. The minimum atomic E-state index is -3.25. The average molecular weight is 270 g/mol. The van der Waals surface area contributed by atoms with E-state index in [-0.39, 0.29) is 34.2 Å². The molecule has 1 amide bonds. The minimum absolute atomic E-state index is 0.0206. The van der Waals surface area contributed by atoms with Crippen molar-refractivity contribution in [1.29, 1.82) is 0 Å². The van der Waals surface area contributed by atoms with E-state index < -0.39 is 30.9 Å². The first-order chi connectivity index (χ1) is 11.6. The standard InChI is InChI=1S/C15H16ClNO/c1-8-5-9(16)6-13-10-3-2-4-11(15(17)18)14(10)7-12(8)13/h5-6,11H,2-4,7H2,1H3,(H2,17,18)/i2D2,3D2,4D2,6D,11D. The second kappa shape index (κ2) is 4.13. The Bertz CT molecular complexity index is 894. The Labute approximate surface area is 123 Å². The van der Waals surface area contributed by atoms with E-state index in [4.69, 9.17) is 28.3 Å². The van der Waals surface area contributed by atoms with Crippen molar-refractivity contribution in [3.63, 3.8) is 0 Å². The first-order valence-corrected chi connectivity index (χ1v) is 5.84. The van der Waals surface area contributed by atoms with Crippen molar-refractivity contribution in [3.8, 4) is 0 Å². The minimum Gasteiger partial charge on any atom is -0.369 e. The summed E-state index contributed by atoms with van der Waals surface area (Å²) >= 11 is 6.04. The van der Waals surface area contributed by atoms with Crippen LogP contribution in [0.1, 0.15) is 46.8 Å². The van der Waals surface area contributed by atoms with Crippen LogP contribution in [0.2, 0.25) is 5.02 Å². The van der Waals surface area contributed by atoms with Crippen LogP contribution in [0, 0.1) is 12.8 Å². The first-order valence-electron chi connectivity index (χ1n) is 9.47. The van der Waals surface area contributed by atoms with Gasteiger partial charge in [-0.25, -0.2) is 0 Å². The molecule has 1 aromatic carbocycles. The van der Waals surface area contributed by atoms with Gasteiger partial charge in [-0.2, -0.15) is 0 Å². The maximum absolute atomic E-state index is 12.1. The number of aryl methyl sites for hydroxylation is 1. The van der Waals surface area contributed by atoms with Gasteiger partial charge in [-0.3, -0.25) is 4.79 Å². The largest absolute Gasteiger partial charge is 0.369 e. The molecule has 0 saturated carbocycles. The number of halogens is 1. The van der Waals surface area contributed by atoms with Gasteiger partial charge in [0, 0.05) is 14.6 Å². The molecular weight excluding hydrogens is 246 g/mol. The highest BCUT2D eigenvalue weighted by atomic mass is 35.5. The van der Waals surface area contributed by atoms with E-state index in [0.717, 1.165) is 0 Å². The molecule has 2 nitrogen and oxygen atoms in total. The Morgan fingerprint density at radius 3 is 3.22 bits per heavy atom. The van der Waals surface area contributed by atoms with Gasteiger partial charge in [0.05, 0.1) is 7.26 Å². The molecule has 3 heteroatoms. The molecule has 1 unspecified atom stereocenters. The van der Waals surface area contributed by atoms with Crippen molar-refractivity contribution in [2.24, 2.45) is 11.6 Å². The van der Waals surface area contributed by atoms with Crippen molar-refractivity contribution >= 4 is 23.1 Å². The maximum atomic E-state index is 12.1. The highest BCUT2D eigenvalue weighted by molar-refractivity contribution is 6.30. The zero-order chi connectivity index (χ0) is 20.0. The lowest BCUT2D eigenvalue weighted by molar-refractivity contribution is -0.121. The van der Waals surface area contributed by atoms with Crippen LogP contribution in [-0.2, 0) is 11.2 Å². The van der Waals surface area contributed by atoms with Crippen LogP contribution in [-0.4, -0.2) is 5.91 Å². The number of rotatable bonds is 1. The molecule has 0 fully saturated rings. The molecule has 2 N–H and O–H groups in total. The van der Waals surface area contributed by atoms with Crippen LogP contribution in [0.4, 0.5) is 0 Å². The zero-order valence-corrected chi connectivity index (χ0v) is 10.4. The first kappa shape index (κ1) is 5.79. The summed E-state index contributed by atoms with van der Waals surface area (Å²) in [6, 6.07) is 1.25. The topological polar surface area (TPSA) is 43.1 Å². The van der Waals surface area contributed by atoms with Crippen molar-refractivity contribution < 1.29 is 15.8 Å². The van der Waals surface area contributed by atoms with Crippen LogP contribution in [0.3, 0.4) is 0 Å². The number of primary amides is 1. The van der Waals surface area contributed by atoms with E-state index in [9.17, 15) is 4.79 Å². The SMILES string of the molecule is [2H]c1c(Cl)cc(C)c2c1C1=C(C2)C([2H])(C(N)=O)C([2H])([2H])C([2H])([2H])C1([2H])[2H]. The fourth-order valence-corrected chi connectivity index (χ4v) is 2.61. The van der Waals surface area contributed by atoms with E-state index in [0.29, 0.717) is 11.1 Å². The second-order valence-corrected chi connectivity index (χ2v) is 4.71. The molecule has 18 heavy (non-hydrogen) atoms. The summed E-state index contributed by atoms with van der Waals surface area (Å²) in [7, 11) is 0. The molecule has 0 saturated heterocycles. The number of benzene rings is 1. The molecule has 1 aromatic rings. The van der Waals surface area contributed by atoms with Gasteiger partial charge in [-0.1, -0.05) is 11.6 Å². The highest BCUT2D eigenvalue weighted by Crippen LogP contribution is 2.45. The lowest BCUT2D eigenvalue weighted by atomic mass is 9.82. The second-order valence-electron chi connectivity index (χ2n) is 4.30. The highest BCUT2D eigenvalue weighted by Gasteiger charge is 2.33. The number of carbonyl (C=O) groups is 1. The van der Waals surface area contributed by atoms with E-state index in [1.807, 2.05) is 0 Å². The Hall–Kier alpha value is -1.28. The number of nitrogens with two attached hydrogens (primary N) is 1. The fraction of sp³-hybridized carbons (Fsp3) is 0.400. The number of fused-ring (bicyclic) bond motifs is 2. The van der Waals surface area contributed by atoms with Crippen molar-refractivity contribution in [2.45, 2.75) is 32.5 Å². The quantitative estimate of drug-likeness (QED) is 0.836. The molecule has 0 bridgehead atoms. The van der Waals surface area contributed by atoms with Crippen LogP contribution < -0.4 is 5.73 Å². The van der Waals surface area contributed by atoms with Crippen LogP contribution in [0.15, 0.2) is 17.7 Å². The number of hydrogen-bond acceptors (Lipinski definition) is 1. The smallest absolute Gasteiger partial charge is 0.224 e. The molecule has 3 rings (SSSR count). The number of allylic oxidation sites excluding steroid dienone is 1. The molecule has 2 aliphatic rings. The molecule has 1 atom stereocenters. The van der Waals surface area contributed by atoms with Crippen LogP contribution in [0.5, 0.6) is 0 Å². The molecule has 0 radical (unpaired) electrons. The van der Waals surface area contributed by atoms with Crippen molar-refractivity contribution in [1.82, 2.24) is 0 Å².